The molecule has 88 valence electrons. The van der Waals surface area contributed by atoms with E-state index in [-0.39, 0.29) is 5.54 Å². The molecule has 0 aliphatic heterocycles. The Hall–Kier alpha value is -1.23. The van der Waals surface area contributed by atoms with Crippen molar-refractivity contribution in [2.45, 2.75) is 37.6 Å². The lowest BCUT2D eigenvalue weighted by Crippen LogP contribution is -2.47. The minimum absolute atomic E-state index is 0.157. The standard InChI is InChI=1S/C11H17FN4/c12-9-6-14-10(15-7-9)16-8-11(13)4-2-1-3-5-11/h6-7H,1-5,8,13H2,(H,14,15,16). The Kier molecular flexibility index (Phi) is 3.33. The van der Waals surface area contributed by atoms with Gasteiger partial charge in [0.15, 0.2) is 5.82 Å². The molecule has 1 aliphatic carbocycles. The fourth-order valence-electron chi connectivity index (χ4n) is 2.09. The summed E-state index contributed by atoms with van der Waals surface area (Å²) in [5, 5.41) is 3.07. The predicted octanol–water partition coefficient (Wildman–Crippen LogP) is 1.69. The Balaban J connectivity index is 1.88. The third-order valence-electron chi connectivity index (χ3n) is 3.07. The molecule has 0 atom stereocenters. The zero-order valence-electron chi connectivity index (χ0n) is 9.25. The number of halogens is 1. The predicted molar refractivity (Wildman–Crippen MR) is 60.5 cm³/mol. The monoisotopic (exact) mass is 224 g/mol. The summed E-state index contributed by atoms with van der Waals surface area (Å²) in [5.74, 6) is 0.0162. The first-order valence-corrected chi connectivity index (χ1v) is 5.68. The van der Waals surface area contributed by atoms with Crippen molar-refractivity contribution in [2.24, 2.45) is 5.73 Å². The normalized spacial score (nSPS) is 19.4. The molecular formula is C11H17FN4. The summed E-state index contributed by atoms with van der Waals surface area (Å²) < 4.78 is 12.6. The van der Waals surface area contributed by atoms with Crippen LogP contribution in [0.3, 0.4) is 0 Å². The Morgan fingerprint density at radius 3 is 2.50 bits per heavy atom. The maximum Gasteiger partial charge on any atom is 0.222 e. The average molecular weight is 224 g/mol. The smallest absolute Gasteiger partial charge is 0.222 e. The van der Waals surface area contributed by atoms with Crippen LogP contribution >= 0.6 is 0 Å². The molecule has 1 saturated carbocycles. The van der Waals surface area contributed by atoms with Crippen LogP contribution in [0.25, 0.3) is 0 Å². The molecule has 1 heterocycles. The summed E-state index contributed by atoms with van der Waals surface area (Å²) in [4.78, 5) is 7.68. The van der Waals surface area contributed by atoms with Crippen LogP contribution in [0.5, 0.6) is 0 Å². The van der Waals surface area contributed by atoms with Gasteiger partial charge >= 0.3 is 0 Å². The van der Waals surface area contributed by atoms with Crippen molar-refractivity contribution >= 4 is 5.95 Å². The van der Waals surface area contributed by atoms with Crippen LogP contribution in [0.2, 0.25) is 0 Å². The minimum Gasteiger partial charge on any atom is -0.352 e. The summed E-state index contributed by atoms with van der Waals surface area (Å²) in [5.41, 5.74) is 6.09. The van der Waals surface area contributed by atoms with Crippen LogP contribution < -0.4 is 11.1 Å². The molecule has 4 nitrogen and oxygen atoms in total. The molecule has 1 aromatic rings. The van der Waals surface area contributed by atoms with Gasteiger partial charge < -0.3 is 11.1 Å². The van der Waals surface area contributed by atoms with Crippen molar-refractivity contribution in [2.75, 3.05) is 11.9 Å². The van der Waals surface area contributed by atoms with E-state index in [4.69, 9.17) is 5.73 Å². The molecular weight excluding hydrogens is 207 g/mol. The lowest BCUT2D eigenvalue weighted by Gasteiger charge is -2.33. The zero-order valence-corrected chi connectivity index (χ0v) is 9.25. The van der Waals surface area contributed by atoms with Gasteiger partial charge in [-0.1, -0.05) is 19.3 Å². The van der Waals surface area contributed by atoms with Crippen LogP contribution in [-0.4, -0.2) is 22.1 Å². The van der Waals surface area contributed by atoms with Crippen LogP contribution in [0, 0.1) is 5.82 Å². The third-order valence-corrected chi connectivity index (χ3v) is 3.07. The van der Waals surface area contributed by atoms with E-state index in [1.54, 1.807) is 0 Å². The number of hydrogen-bond acceptors (Lipinski definition) is 4. The number of anilines is 1. The zero-order chi connectivity index (χ0) is 11.4. The van der Waals surface area contributed by atoms with Crippen LogP contribution in [0.15, 0.2) is 12.4 Å². The second kappa shape index (κ2) is 4.74. The van der Waals surface area contributed by atoms with Crippen LogP contribution in [0.4, 0.5) is 10.3 Å². The summed E-state index contributed by atoms with van der Waals surface area (Å²) in [7, 11) is 0. The summed E-state index contributed by atoms with van der Waals surface area (Å²) in [6.07, 6.45) is 8.00. The SMILES string of the molecule is NC1(CNc2ncc(F)cn2)CCCCC1. The highest BCUT2D eigenvalue weighted by Gasteiger charge is 2.27. The van der Waals surface area contributed by atoms with E-state index in [2.05, 4.69) is 15.3 Å². The summed E-state index contributed by atoms with van der Waals surface area (Å²) in [6.45, 7) is 0.651. The number of nitrogens with one attached hydrogen (secondary N) is 1. The Morgan fingerprint density at radius 1 is 1.25 bits per heavy atom. The van der Waals surface area contributed by atoms with Crippen molar-refractivity contribution in [1.29, 1.82) is 0 Å². The molecule has 0 aromatic carbocycles. The molecule has 0 spiro atoms. The Bertz CT molecular complexity index is 332. The highest BCUT2D eigenvalue weighted by Crippen LogP contribution is 2.25. The van der Waals surface area contributed by atoms with Gasteiger partial charge in [0.2, 0.25) is 5.95 Å². The lowest BCUT2D eigenvalue weighted by molar-refractivity contribution is 0.310. The highest BCUT2D eigenvalue weighted by atomic mass is 19.1. The first kappa shape index (κ1) is 11.3. The highest BCUT2D eigenvalue weighted by molar-refractivity contribution is 5.23. The second-order valence-electron chi connectivity index (χ2n) is 4.50. The van der Waals surface area contributed by atoms with Gasteiger partial charge in [0.1, 0.15) is 0 Å². The Morgan fingerprint density at radius 2 is 1.88 bits per heavy atom. The van der Waals surface area contributed by atoms with E-state index in [9.17, 15) is 4.39 Å². The van der Waals surface area contributed by atoms with Crippen LogP contribution in [0.1, 0.15) is 32.1 Å². The number of nitrogens with two attached hydrogens (primary N) is 1. The molecule has 5 heteroatoms. The molecule has 0 radical (unpaired) electrons. The van der Waals surface area contributed by atoms with Crippen molar-refractivity contribution in [3.63, 3.8) is 0 Å². The van der Waals surface area contributed by atoms with Gasteiger partial charge in [-0.05, 0) is 12.8 Å². The molecule has 1 aromatic heterocycles. The van der Waals surface area contributed by atoms with E-state index in [1.165, 1.54) is 19.3 Å². The van der Waals surface area contributed by atoms with Crippen LogP contribution in [-0.2, 0) is 0 Å². The van der Waals surface area contributed by atoms with E-state index >= 15 is 0 Å². The first-order chi connectivity index (χ1) is 7.68. The van der Waals surface area contributed by atoms with Crippen molar-refractivity contribution in [1.82, 2.24) is 9.97 Å². The molecule has 0 amide bonds. The fourth-order valence-corrected chi connectivity index (χ4v) is 2.09. The average Bonchev–Trinajstić information content (AvgIpc) is 2.29. The second-order valence-corrected chi connectivity index (χ2v) is 4.50. The third kappa shape index (κ3) is 2.88. The number of hydrogen-bond donors (Lipinski definition) is 2. The van der Waals surface area contributed by atoms with Gasteiger partial charge in [-0.2, -0.15) is 0 Å². The molecule has 0 bridgehead atoms. The molecule has 1 aliphatic rings. The van der Waals surface area contributed by atoms with Gasteiger partial charge in [0, 0.05) is 12.1 Å². The van der Waals surface area contributed by atoms with Gasteiger partial charge in [-0.25, -0.2) is 14.4 Å². The maximum absolute atomic E-state index is 12.6. The topological polar surface area (TPSA) is 63.8 Å². The number of rotatable bonds is 3. The van der Waals surface area contributed by atoms with Gasteiger partial charge in [-0.15, -0.1) is 0 Å². The quantitative estimate of drug-likeness (QED) is 0.820. The fraction of sp³-hybridized carbons (Fsp3) is 0.636. The molecule has 0 unspecified atom stereocenters. The van der Waals surface area contributed by atoms with E-state index in [0.29, 0.717) is 12.5 Å². The first-order valence-electron chi connectivity index (χ1n) is 5.68. The molecule has 1 fully saturated rings. The minimum atomic E-state index is -0.425. The van der Waals surface area contributed by atoms with E-state index in [1.807, 2.05) is 0 Å². The maximum atomic E-state index is 12.6. The van der Waals surface area contributed by atoms with Crippen molar-refractivity contribution in [3.05, 3.63) is 18.2 Å². The van der Waals surface area contributed by atoms with Gasteiger partial charge in [0.05, 0.1) is 12.4 Å². The largest absolute Gasteiger partial charge is 0.352 e. The molecule has 0 saturated heterocycles. The summed E-state index contributed by atoms with van der Waals surface area (Å²) >= 11 is 0. The van der Waals surface area contributed by atoms with Gasteiger partial charge in [0.25, 0.3) is 0 Å². The number of aromatic nitrogens is 2. The van der Waals surface area contributed by atoms with E-state index in [0.717, 1.165) is 25.2 Å². The lowest BCUT2D eigenvalue weighted by atomic mass is 9.82. The van der Waals surface area contributed by atoms with Gasteiger partial charge in [-0.3, -0.25) is 0 Å². The van der Waals surface area contributed by atoms with Crippen molar-refractivity contribution < 1.29 is 4.39 Å². The molecule has 2 rings (SSSR count). The van der Waals surface area contributed by atoms with Crippen molar-refractivity contribution in [3.8, 4) is 0 Å². The number of nitrogens with zero attached hydrogens (tertiary/aromatic N) is 2. The Labute approximate surface area is 94.5 Å². The van der Waals surface area contributed by atoms with E-state index < -0.39 is 5.82 Å². The molecule has 16 heavy (non-hydrogen) atoms. The molecule has 3 N–H and O–H groups in total. The summed E-state index contributed by atoms with van der Waals surface area (Å²) in [6, 6.07) is 0.